The highest BCUT2D eigenvalue weighted by Crippen LogP contribution is 2.40. The van der Waals surface area contributed by atoms with Gasteiger partial charge in [-0.15, -0.1) is 11.6 Å². The Balaban J connectivity index is 2.23. The van der Waals surface area contributed by atoms with Crippen molar-refractivity contribution in [3.05, 3.63) is 65.2 Å². The van der Waals surface area contributed by atoms with Crippen molar-refractivity contribution in [1.82, 2.24) is 4.98 Å². The van der Waals surface area contributed by atoms with Crippen molar-refractivity contribution in [2.45, 2.75) is 42.5 Å². The van der Waals surface area contributed by atoms with Gasteiger partial charge in [-0.05, 0) is 32.4 Å². The smallest absolute Gasteiger partial charge is 0.345 e. The van der Waals surface area contributed by atoms with Crippen LogP contribution < -0.4 is 4.74 Å². The molecule has 5 nitrogen and oxygen atoms in total. The maximum absolute atomic E-state index is 14.2. The van der Waals surface area contributed by atoms with Gasteiger partial charge in [0.15, 0.2) is 17.4 Å². The third-order valence-electron chi connectivity index (χ3n) is 4.71. The molecule has 34 heavy (non-hydrogen) atoms. The standard InChI is InChI=1S/C24H21ClF3NO4S/c1-12(2)32-24(31)20-21(33-23(30)13(3)14-7-5-4-6-8-14)15-9-16(27)17(28)10-18(15)29-22(20)34-19(25)11-26/h4-10,12-13,19H,11H2,1-3H3. The summed E-state index contributed by atoms with van der Waals surface area (Å²) in [5.41, 5.74) is 0.201. The number of rotatable bonds is 8. The molecule has 2 aromatic carbocycles. The molecule has 10 heteroatoms. The van der Waals surface area contributed by atoms with E-state index in [2.05, 4.69) is 4.98 Å². The predicted molar refractivity (Wildman–Crippen MR) is 124 cm³/mol. The van der Waals surface area contributed by atoms with Crippen LogP contribution in [-0.4, -0.2) is 34.4 Å². The van der Waals surface area contributed by atoms with Gasteiger partial charge >= 0.3 is 11.9 Å². The van der Waals surface area contributed by atoms with Gasteiger partial charge in [0.1, 0.15) is 22.0 Å². The molecule has 1 aromatic heterocycles. The van der Waals surface area contributed by atoms with Crippen LogP contribution in [0.25, 0.3) is 10.9 Å². The summed E-state index contributed by atoms with van der Waals surface area (Å²) in [5, 5.41) is -0.268. The number of hydrogen-bond donors (Lipinski definition) is 0. The minimum Gasteiger partial charge on any atom is -0.459 e. The zero-order valence-electron chi connectivity index (χ0n) is 18.5. The molecular formula is C24H21ClF3NO4S. The number of thioether (sulfide) groups is 1. The summed E-state index contributed by atoms with van der Waals surface area (Å²) < 4.78 is 51.0. The van der Waals surface area contributed by atoms with Crippen molar-refractivity contribution < 1.29 is 32.2 Å². The number of nitrogens with zero attached hydrogens (tertiary/aromatic N) is 1. The third-order valence-corrected chi connectivity index (χ3v) is 5.99. The summed E-state index contributed by atoms with van der Waals surface area (Å²) in [6, 6.07) is 10.3. The van der Waals surface area contributed by atoms with Crippen LogP contribution in [0, 0.1) is 11.6 Å². The quantitative estimate of drug-likeness (QED) is 0.198. The largest absolute Gasteiger partial charge is 0.459 e. The maximum atomic E-state index is 14.2. The van der Waals surface area contributed by atoms with E-state index in [9.17, 15) is 22.8 Å². The van der Waals surface area contributed by atoms with Gasteiger partial charge in [-0.1, -0.05) is 42.1 Å². The Morgan fingerprint density at radius 3 is 2.35 bits per heavy atom. The van der Waals surface area contributed by atoms with E-state index >= 15 is 0 Å². The average Bonchev–Trinajstić information content (AvgIpc) is 2.79. The Bertz CT molecular complexity index is 1210. The van der Waals surface area contributed by atoms with E-state index in [0.717, 1.165) is 12.1 Å². The highest BCUT2D eigenvalue weighted by Gasteiger charge is 2.30. The number of alkyl halides is 2. The molecule has 1 heterocycles. The lowest BCUT2D eigenvalue weighted by molar-refractivity contribution is -0.135. The van der Waals surface area contributed by atoms with Crippen LogP contribution in [0.2, 0.25) is 0 Å². The van der Waals surface area contributed by atoms with Gasteiger partial charge in [0.25, 0.3) is 0 Å². The highest BCUT2D eigenvalue weighted by atomic mass is 35.5. The molecular weight excluding hydrogens is 491 g/mol. The van der Waals surface area contributed by atoms with Crippen LogP contribution in [0.3, 0.4) is 0 Å². The molecule has 0 aliphatic rings. The molecule has 0 fully saturated rings. The number of esters is 2. The lowest BCUT2D eigenvalue weighted by Crippen LogP contribution is -2.21. The van der Waals surface area contributed by atoms with Gasteiger partial charge in [-0.25, -0.2) is 22.9 Å². The molecule has 0 saturated heterocycles. The van der Waals surface area contributed by atoms with Gasteiger partial charge in [-0.2, -0.15) is 0 Å². The second-order valence-corrected chi connectivity index (χ2v) is 9.57. The van der Waals surface area contributed by atoms with E-state index in [1.807, 2.05) is 0 Å². The van der Waals surface area contributed by atoms with E-state index in [-0.39, 0.29) is 27.2 Å². The Morgan fingerprint density at radius 2 is 1.74 bits per heavy atom. The first-order valence-corrected chi connectivity index (χ1v) is 11.6. The minimum absolute atomic E-state index is 0.111. The summed E-state index contributed by atoms with van der Waals surface area (Å²) in [6.45, 7) is 3.83. The summed E-state index contributed by atoms with van der Waals surface area (Å²) in [5.74, 6) is -5.25. The SMILES string of the molecule is CC(C)OC(=O)c1c(SC(Cl)CF)nc2cc(F)c(F)cc2c1OC(=O)C(C)c1ccccc1. The summed E-state index contributed by atoms with van der Waals surface area (Å²) in [7, 11) is 0. The van der Waals surface area contributed by atoms with Gasteiger partial charge in [0.05, 0.1) is 17.5 Å². The van der Waals surface area contributed by atoms with Gasteiger partial charge in [0, 0.05) is 11.5 Å². The molecule has 0 aliphatic heterocycles. The van der Waals surface area contributed by atoms with E-state index < -0.39 is 47.0 Å². The summed E-state index contributed by atoms with van der Waals surface area (Å²) in [4.78, 5) is 30.2. The highest BCUT2D eigenvalue weighted by molar-refractivity contribution is 8.01. The average molecular weight is 512 g/mol. The molecule has 0 bridgehead atoms. The lowest BCUT2D eigenvalue weighted by atomic mass is 10.0. The van der Waals surface area contributed by atoms with Crippen LogP contribution in [-0.2, 0) is 9.53 Å². The van der Waals surface area contributed by atoms with Gasteiger partial charge in [-0.3, -0.25) is 4.79 Å². The third kappa shape index (κ3) is 5.82. The molecule has 3 rings (SSSR count). The zero-order chi connectivity index (χ0) is 25.0. The molecule has 2 atom stereocenters. The summed E-state index contributed by atoms with van der Waals surface area (Å²) in [6.07, 6.45) is -0.564. The Labute approximate surface area is 203 Å². The zero-order valence-corrected chi connectivity index (χ0v) is 20.1. The number of aromatic nitrogens is 1. The fraction of sp³-hybridized carbons (Fsp3) is 0.292. The lowest BCUT2D eigenvalue weighted by Gasteiger charge is -2.19. The van der Waals surface area contributed by atoms with Crippen molar-refractivity contribution in [2.24, 2.45) is 0 Å². The Hall–Kier alpha value is -2.78. The number of halogens is 4. The maximum Gasteiger partial charge on any atom is 0.345 e. The van der Waals surface area contributed by atoms with Crippen molar-refractivity contribution >= 4 is 46.2 Å². The van der Waals surface area contributed by atoms with Gasteiger partial charge < -0.3 is 9.47 Å². The van der Waals surface area contributed by atoms with Crippen molar-refractivity contribution in [3.8, 4) is 5.75 Å². The fourth-order valence-corrected chi connectivity index (χ4v) is 4.07. The van der Waals surface area contributed by atoms with Crippen LogP contribution in [0.5, 0.6) is 5.75 Å². The molecule has 0 spiro atoms. The molecule has 0 saturated carbocycles. The van der Waals surface area contributed by atoms with Crippen molar-refractivity contribution in [2.75, 3.05) is 6.67 Å². The Morgan fingerprint density at radius 1 is 1.09 bits per heavy atom. The number of pyridine rings is 1. The fourth-order valence-electron chi connectivity index (χ4n) is 3.07. The molecule has 2 unspecified atom stereocenters. The van der Waals surface area contributed by atoms with Gasteiger partial charge in [0.2, 0.25) is 0 Å². The number of carbonyl (C=O) groups is 2. The molecule has 0 radical (unpaired) electrons. The Kier molecular flexibility index (Phi) is 8.43. The molecule has 0 amide bonds. The van der Waals surface area contributed by atoms with E-state index in [4.69, 9.17) is 21.1 Å². The number of carbonyl (C=O) groups excluding carboxylic acids is 2. The van der Waals surface area contributed by atoms with E-state index in [1.165, 1.54) is 0 Å². The summed E-state index contributed by atoms with van der Waals surface area (Å²) >= 11 is 6.60. The number of hydrogen-bond acceptors (Lipinski definition) is 6. The molecule has 0 N–H and O–H groups in total. The van der Waals surface area contributed by atoms with Crippen LogP contribution in [0.15, 0.2) is 47.5 Å². The minimum atomic E-state index is -1.23. The first kappa shape index (κ1) is 25.8. The number of fused-ring (bicyclic) bond motifs is 1. The van der Waals surface area contributed by atoms with E-state index in [0.29, 0.717) is 17.3 Å². The molecule has 3 aromatic rings. The second kappa shape index (κ2) is 11.1. The predicted octanol–water partition coefficient (Wildman–Crippen LogP) is 6.41. The van der Waals surface area contributed by atoms with E-state index in [1.54, 1.807) is 51.1 Å². The number of ether oxygens (including phenoxy) is 2. The first-order chi connectivity index (χ1) is 16.1. The van der Waals surface area contributed by atoms with Crippen LogP contribution in [0.1, 0.15) is 42.6 Å². The second-order valence-electron chi connectivity index (χ2n) is 7.59. The monoisotopic (exact) mass is 511 g/mol. The van der Waals surface area contributed by atoms with Crippen molar-refractivity contribution in [1.29, 1.82) is 0 Å². The number of benzene rings is 2. The van der Waals surface area contributed by atoms with Crippen LogP contribution >= 0.6 is 23.4 Å². The van der Waals surface area contributed by atoms with Crippen molar-refractivity contribution in [3.63, 3.8) is 0 Å². The topological polar surface area (TPSA) is 65.5 Å². The van der Waals surface area contributed by atoms with Crippen LogP contribution in [0.4, 0.5) is 13.2 Å². The molecule has 0 aliphatic carbocycles. The normalized spacial score (nSPS) is 13.1. The first-order valence-electron chi connectivity index (χ1n) is 10.3. The molecule has 180 valence electrons.